The van der Waals surface area contributed by atoms with Gasteiger partial charge in [0.25, 0.3) is 10.0 Å². The van der Waals surface area contributed by atoms with Crippen molar-refractivity contribution in [1.29, 1.82) is 5.26 Å². The Morgan fingerprint density at radius 3 is 2.47 bits per heavy atom. The van der Waals surface area contributed by atoms with Gasteiger partial charge in [0.15, 0.2) is 0 Å². The third kappa shape index (κ3) is 10.5. The average Bonchev–Trinajstić information content (AvgIpc) is 3.23. The largest absolute Gasteiger partial charge is 0.380 e. The van der Waals surface area contributed by atoms with Crippen LogP contribution in [0.25, 0.3) is 11.1 Å². The number of piperidine rings is 1. The first kappa shape index (κ1) is 40.7. The minimum atomic E-state index is -4.04. The van der Waals surface area contributed by atoms with E-state index in [-0.39, 0.29) is 16.5 Å². The van der Waals surface area contributed by atoms with E-state index >= 15 is 0 Å². The van der Waals surface area contributed by atoms with Crippen LogP contribution >= 0.6 is 23.4 Å². The van der Waals surface area contributed by atoms with Crippen LogP contribution in [0.3, 0.4) is 0 Å². The molecule has 0 amide bonds. The number of nitrogens with one attached hydrogen (secondary N) is 2. The van der Waals surface area contributed by atoms with Crippen molar-refractivity contribution in [3.05, 3.63) is 131 Å². The number of likely N-dealkylation sites (tertiary alicyclic amines) is 1. The Kier molecular flexibility index (Phi) is 13.5. The molecule has 0 bridgehead atoms. The molecule has 3 heterocycles. The van der Waals surface area contributed by atoms with Gasteiger partial charge in [-0.3, -0.25) is 14.5 Å². The quantitative estimate of drug-likeness (QED) is 0.101. The number of hydrogen-bond donors (Lipinski definition) is 2. The zero-order valence-electron chi connectivity index (χ0n) is 32.4. The third-order valence-corrected chi connectivity index (χ3v) is 13.6. The van der Waals surface area contributed by atoms with Crippen molar-refractivity contribution in [2.24, 2.45) is 0 Å². The van der Waals surface area contributed by atoms with Crippen molar-refractivity contribution >= 4 is 44.9 Å². The molecule has 1 saturated heterocycles. The van der Waals surface area contributed by atoms with Gasteiger partial charge in [0.2, 0.25) is 0 Å². The maximum atomic E-state index is 13.8. The molecule has 296 valence electrons. The maximum absolute atomic E-state index is 13.8. The highest BCUT2D eigenvalue weighted by Crippen LogP contribution is 2.31. The number of halogens is 1. The second kappa shape index (κ2) is 18.9. The molecule has 1 fully saturated rings. The SMILES string of the molecule is CN(C)CC[C@H](CSc1ccccc1)Nc1ccc(S(=O)(=O)Nc2ncnc3c2CCN(C2CCN(Cc4ccccc4-c4ccc(Cl)cc4)CC2)C3)cc1C#N. The van der Waals surface area contributed by atoms with Crippen LogP contribution in [-0.2, 0) is 29.5 Å². The van der Waals surface area contributed by atoms with E-state index in [1.807, 2.05) is 44.4 Å². The van der Waals surface area contributed by atoms with Crippen LogP contribution in [0.15, 0.2) is 113 Å². The second-order valence-corrected chi connectivity index (χ2v) is 18.2. The minimum absolute atomic E-state index is 0.0143. The van der Waals surface area contributed by atoms with Crippen molar-refractivity contribution in [1.82, 2.24) is 24.7 Å². The van der Waals surface area contributed by atoms with Gasteiger partial charge in [-0.25, -0.2) is 18.4 Å². The number of thioether (sulfide) groups is 1. The van der Waals surface area contributed by atoms with Crippen LogP contribution in [-0.4, -0.2) is 91.2 Å². The van der Waals surface area contributed by atoms with Crippen molar-refractivity contribution < 1.29 is 8.42 Å². The lowest BCUT2D eigenvalue weighted by atomic mass is 9.96. The zero-order chi connectivity index (χ0) is 39.8. The summed E-state index contributed by atoms with van der Waals surface area (Å²) in [6.45, 7) is 5.21. The third-order valence-electron chi connectivity index (χ3n) is 10.8. The molecule has 2 aliphatic rings. The van der Waals surface area contributed by atoms with Gasteiger partial charge in [-0.15, -0.1) is 11.8 Å². The standard InChI is InChI=1S/C44H49ClN8O2S2/c1-51(2)22-18-36(30-56-38-9-4-3-5-10-38)49-42-17-16-39(26-34(42)27-46)57(54,55)50-44-41-21-25-53(29-43(41)47-31-48-44)37-19-23-52(24-20-37)28-33-8-6-7-11-40(33)32-12-14-35(45)15-13-32/h3-17,26,31,36-37,49H,18-25,28-30H2,1-2H3,(H,47,48,50)/t36-/m1/s1. The Morgan fingerprint density at radius 2 is 1.72 bits per heavy atom. The van der Waals surface area contributed by atoms with Crippen molar-refractivity contribution in [2.45, 2.75) is 60.6 Å². The molecule has 5 aromatic rings. The van der Waals surface area contributed by atoms with Gasteiger partial charge >= 0.3 is 0 Å². The minimum Gasteiger partial charge on any atom is -0.380 e. The summed E-state index contributed by atoms with van der Waals surface area (Å²) in [5, 5.41) is 14.4. The van der Waals surface area contributed by atoms with E-state index in [1.54, 1.807) is 23.9 Å². The maximum Gasteiger partial charge on any atom is 0.263 e. The molecule has 10 nitrogen and oxygen atoms in total. The van der Waals surface area contributed by atoms with Gasteiger partial charge in [-0.1, -0.05) is 66.2 Å². The van der Waals surface area contributed by atoms with E-state index in [0.29, 0.717) is 30.5 Å². The predicted molar refractivity (Wildman–Crippen MR) is 231 cm³/mol. The highest BCUT2D eigenvalue weighted by Gasteiger charge is 2.30. The molecule has 0 saturated carbocycles. The van der Waals surface area contributed by atoms with Crippen molar-refractivity contribution in [2.75, 3.05) is 56.1 Å². The first-order valence-electron chi connectivity index (χ1n) is 19.4. The van der Waals surface area contributed by atoms with Crippen LogP contribution in [0.5, 0.6) is 0 Å². The first-order chi connectivity index (χ1) is 27.6. The lowest BCUT2D eigenvalue weighted by Crippen LogP contribution is -2.46. The summed E-state index contributed by atoms with van der Waals surface area (Å²) < 4.78 is 30.3. The topological polar surface area (TPSA) is 117 Å². The normalized spacial score (nSPS) is 15.8. The lowest BCUT2D eigenvalue weighted by Gasteiger charge is -2.40. The molecule has 1 aromatic heterocycles. The molecule has 57 heavy (non-hydrogen) atoms. The number of rotatable bonds is 15. The molecule has 1 atom stereocenters. The molecule has 0 unspecified atom stereocenters. The fraction of sp³-hybridized carbons (Fsp3) is 0.341. The summed E-state index contributed by atoms with van der Waals surface area (Å²) in [5.74, 6) is 1.09. The van der Waals surface area contributed by atoms with Crippen molar-refractivity contribution in [3.63, 3.8) is 0 Å². The fourth-order valence-electron chi connectivity index (χ4n) is 7.67. The summed E-state index contributed by atoms with van der Waals surface area (Å²) in [4.78, 5) is 17.3. The van der Waals surface area contributed by atoms with Gasteiger partial charge in [0, 0.05) is 53.0 Å². The van der Waals surface area contributed by atoms with E-state index in [4.69, 9.17) is 11.6 Å². The smallest absolute Gasteiger partial charge is 0.263 e. The Bertz CT molecular complexity index is 2280. The number of sulfonamides is 1. The average molecular weight is 822 g/mol. The molecule has 2 aliphatic heterocycles. The number of nitriles is 1. The van der Waals surface area contributed by atoms with Crippen molar-refractivity contribution in [3.8, 4) is 17.2 Å². The highest BCUT2D eigenvalue weighted by molar-refractivity contribution is 7.99. The molecule has 4 aromatic carbocycles. The molecule has 0 spiro atoms. The molecule has 7 rings (SSSR count). The van der Waals surface area contributed by atoms with Gasteiger partial charge in [0.05, 0.1) is 21.8 Å². The predicted octanol–water partition coefficient (Wildman–Crippen LogP) is 8.02. The molecule has 2 N–H and O–H groups in total. The second-order valence-electron chi connectivity index (χ2n) is 15.0. The zero-order valence-corrected chi connectivity index (χ0v) is 34.8. The van der Waals surface area contributed by atoms with E-state index in [9.17, 15) is 13.7 Å². The van der Waals surface area contributed by atoms with Gasteiger partial charge in [-0.2, -0.15) is 5.26 Å². The number of nitrogens with zero attached hydrogens (tertiary/aromatic N) is 6. The van der Waals surface area contributed by atoms with E-state index in [2.05, 4.69) is 89.3 Å². The molecule has 0 radical (unpaired) electrons. The Hall–Kier alpha value is -4.48. The van der Waals surface area contributed by atoms with Crippen LogP contribution in [0.2, 0.25) is 5.02 Å². The monoisotopic (exact) mass is 820 g/mol. The highest BCUT2D eigenvalue weighted by atomic mass is 35.5. The fourth-order valence-corrected chi connectivity index (χ4v) is 9.85. The van der Waals surface area contributed by atoms with Crippen LogP contribution < -0.4 is 10.0 Å². The van der Waals surface area contributed by atoms with Crippen LogP contribution in [0.1, 0.15) is 41.6 Å². The first-order valence-corrected chi connectivity index (χ1v) is 22.3. The number of aromatic nitrogens is 2. The number of anilines is 2. The summed E-state index contributed by atoms with van der Waals surface area (Å²) in [6.07, 6.45) is 5.05. The Balaban J connectivity index is 0.970. The summed E-state index contributed by atoms with van der Waals surface area (Å²) in [5.41, 5.74) is 6.29. The van der Waals surface area contributed by atoms with E-state index in [0.717, 1.165) is 74.0 Å². The van der Waals surface area contributed by atoms with Gasteiger partial charge in [-0.05, 0) is 119 Å². The summed E-state index contributed by atoms with van der Waals surface area (Å²) in [7, 11) is 0.0390. The van der Waals surface area contributed by atoms with Gasteiger partial charge in [0.1, 0.15) is 18.2 Å². The van der Waals surface area contributed by atoms with E-state index < -0.39 is 10.0 Å². The molecule has 0 aliphatic carbocycles. The lowest BCUT2D eigenvalue weighted by molar-refractivity contribution is 0.0937. The Morgan fingerprint density at radius 1 is 0.965 bits per heavy atom. The van der Waals surface area contributed by atoms with Crippen LogP contribution in [0, 0.1) is 11.3 Å². The molecular formula is C44H49ClN8O2S2. The van der Waals surface area contributed by atoms with Gasteiger partial charge < -0.3 is 10.2 Å². The summed E-state index contributed by atoms with van der Waals surface area (Å²) in [6, 6.07) is 34.3. The number of benzene rings is 4. The van der Waals surface area contributed by atoms with E-state index in [1.165, 1.54) is 34.0 Å². The molecule has 13 heteroatoms. The van der Waals surface area contributed by atoms with Crippen LogP contribution in [0.4, 0.5) is 11.5 Å². The summed E-state index contributed by atoms with van der Waals surface area (Å²) >= 11 is 7.91. The number of hydrogen-bond acceptors (Lipinski definition) is 10. The number of fused-ring (bicyclic) bond motifs is 1. The Labute approximate surface area is 346 Å². The molecular weight excluding hydrogens is 772 g/mol.